The Kier molecular flexibility index (Phi) is 24.0. The van der Waals surface area contributed by atoms with Gasteiger partial charge >= 0.3 is 5.97 Å². The maximum atomic E-state index is 13.1. The molecule has 0 aliphatic heterocycles. The molecule has 0 radical (unpaired) electrons. The highest BCUT2D eigenvalue weighted by molar-refractivity contribution is 6.01. The summed E-state index contributed by atoms with van der Waals surface area (Å²) in [5, 5.41) is 0. The first-order valence-corrected chi connectivity index (χ1v) is 21.9. The molecular weight excluding hydrogens is 757 g/mol. The van der Waals surface area contributed by atoms with E-state index in [4.69, 9.17) is 4.74 Å². The number of allylic oxidation sites excluding steroid dienone is 21. The zero-order valence-electron chi connectivity index (χ0n) is 40.8. The fraction of sp³-hybridized carbons (Fsp3) is 0.519. The number of ether oxygens (including phenoxy) is 1. The highest BCUT2D eigenvalue weighted by Gasteiger charge is 2.40. The van der Waals surface area contributed by atoms with Crippen LogP contribution in [0.3, 0.4) is 0 Å². The largest absolute Gasteiger partial charge is 0.454 e. The van der Waals surface area contributed by atoms with E-state index in [2.05, 4.69) is 108 Å². The number of carbonyl (C=O) groups excluding carboxylic acids is 4. The molecule has 2 aliphatic rings. The predicted octanol–water partition coefficient (Wildman–Crippen LogP) is 12.0. The average Bonchev–Trinajstić information content (AvgIpc) is 3.14. The fourth-order valence-corrected chi connectivity index (χ4v) is 7.49. The lowest BCUT2D eigenvalue weighted by molar-refractivity contribution is -0.156. The molecule has 0 bridgehead atoms. The van der Waals surface area contributed by atoms with E-state index in [0.29, 0.717) is 24.8 Å². The van der Waals surface area contributed by atoms with E-state index in [-0.39, 0.29) is 40.1 Å². The molecule has 7 nitrogen and oxygen atoms in total. The predicted molar refractivity (Wildman–Crippen MR) is 258 cm³/mol. The van der Waals surface area contributed by atoms with Gasteiger partial charge in [0.2, 0.25) is 0 Å². The molecule has 61 heavy (non-hydrogen) atoms. The van der Waals surface area contributed by atoms with Crippen molar-refractivity contribution in [2.75, 3.05) is 41.3 Å². The Labute approximate surface area is 371 Å². The molecule has 2 aliphatic carbocycles. The van der Waals surface area contributed by atoms with Crippen LogP contribution in [0.4, 0.5) is 0 Å². The molecule has 0 saturated carbocycles. The molecule has 0 amide bonds. The van der Waals surface area contributed by atoms with Crippen LogP contribution in [0.2, 0.25) is 0 Å². The van der Waals surface area contributed by atoms with Crippen LogP contribution in [-0.4, -0.2) is 80.5 Å². The second-order valence-electron chi connectivity index (χ2n) is 18.8. The molecule has 0 aromatic rings. The van der Waals surface area contributed by atoms with Crippen LogP contribution >= 0.6 is 0 Å². The number of carbonyl (C=O) groups is 4. The second-order valence-corrected chi connectivity index (χ2v) is 18.8. The lowest BCUT2D eigenvalue weighted by Gasteiger charge is -2.36. The molecule has 7 heteroatoms. The Morgan fingerprint density at radius 2 is 1.00 bits per heavy atom. The van der Waals surface area contributed by atoms with Crippen LogP contribution in [0.1, 0.15) is 122 Å². The molecular formula is C54H80N2O5. The molecule has 0 spiro atoms. The third kappa shape index (κ3) is 21.3. The summed E-state index contributed by atoms with van der Waals surface area (Å²) in [6.45, 7) is 26.2. The SMILES string of the molecule is CC(=O)CCCN(C)C.CC1=C(/C=C/C(C)=C/C=C/C(C)=C/C=C/C=C(C)/C=C/C=C(C)/C=C/C2=C(C)C(=O)C(OC(=O)CCCN(C)C)CC2(C)C)C(C)(C)CC(C)C1=O. The Balaban J connectivity index is 0.00000184. The van der Waals surface area contributed by atoms with Gasteiger partial charge in [-0.1, -0.05) is 142 Å². The molecule has 2 rings (SSSR count). The molecule has 2 atom stereocenters. The van der Waals surface area contributed by atoms with Crippen LogP contribution in [0.15, 0.2) is 130 Å². The number of nitrogens with zero attached hydrogens (tertiary/aromatic N) is 2. The number of esters is 1. The van der Waals surface area contributed by atoms with E-state index < -0.39 is 6.10 Å². The minimum absolute atomic E-state index is 0.00311. The molecule has 0 fully saturated rings. The molecule has 0 N–H and O–H groups in total. The van der Waals surface area contributed by atoms with E-state index in [1.165, 1.54) is 0 Å². The third-order valence-corrected chi connectivity index (χ3v) is 10.9. The first kappa shape index (κ1) is 54.6. The third-order valence-electron chi connectivity index (χ3n) is 10.9. The fourth-order valence-electron chi connectivity index (χ4n) is 7.49. The van der Waals surface area contributed by atoms with Crippen molar-refractivity contribution in [1.82, 2.24) is 9.80 Å². The molecule has 336 valence electrons. The summed E-state index contributed by atoms with van der Waals surface area (Å²) < 4.78 is 5.63. The van der Waals surface area contributed by atoms with Gasteiger partial charge in [0.1, 0.15) is 5.78 Å². The number of ketones is 3. The lowest BCUT2D eigenvalue weighted by Crippen LogP contribution is -2.39. The summed E-state index contributed by atoms with van der Waals surface area (Å²) in [6.07, 6.45) is 32.3. The topological polar surface area (TPSA) is 84.0 Å². The molecule has 0 saturated heterocycles. The number of hydrogen-bond donors (Lipinski definition) is 0. The lowest BCUT2D eigenvalue weighted by atomic mass is 9.68. The second kappa shape index (κ2) is 26.8. The summed E-state index contributed by atoms with van der Waals surface area (Å²) in [5.41, 5.74) is 7.84. The van der Waals surface area contributed by atoms with E-state index in [0.717, 1.165) is 71.4 Å². The Bertz CT molecular complexity index is 1880. The first-order valence-electron chi connectivity index (χ1n) is 21.9. The number of rotatable bonds is 19. The average molecular weight is 837 g/mol. The van der Waals surface area contributed by atoms with Gasteiger partial charge in [0.15, 0.2) is 17.7 Å². The highest BCUT2D eigenvalue weighted by atomic mass is 16.5. The van der Waals surface area contributed by atoms with Gasteiger partial charge in [0.25, 0.3) is 0 Å². The summed E-state index contributed by atoms with van der Waals surface area (Å²) in [6, 6.07) is 0. The smallest absolute Gasteiger partial charge is 0.306 e. The number of Topliss-reactive ketones (excluding diaryl/α,β-unsaturated/α-hetero) is 3. The molecule has 0 heterocycles. The normalized spacial score (nSPS) is 20.8. The van der Waals surface area contributed by atoms with Crippen LogP contribution in [0.25, 0.3) is 0 Å². The van der Waals surface area contributed by atoms with E-state index in [1.54, 1.807) is 6.92 Å². The maximum absolute atomic E-state index is 13.1. The summed E-state index contributed by atoms with van der Waals surface area (Å²) in [5.74, 6) is 0.232. The van der Waals surface area contributed by atoms with Gasteiger partial charge in [-0.25, -0.2) is 0 Å². The van der Waals surface area contributed by atoms with Gasteiger partial charge in [0, 0.05) is 25.2 Å². The van der Waals surface area contributed by atoms with Crippen molar-refractivity contribution in [1.29, 1.82) is 0 Å². The van der Waals surface area contributed by atoms with Crippen molar-refractivity contribution < 1.29 is 23.9 Å². The zero-order chi connectivity index (χ0) is 46.5. The van der Waals surface area contributed by atoms with E-state index in [1.807, 2.05) is 91.2 Å². The van der Waals surface area contributed by atoms with Crippen LogP contribution < -0.4 is 0 Å². The Morgan fingerprint density at radius 3 is 1.44 bits per heavy atom. The van der Waals surface area contributed by atoms with Gasteiger partial charge < -0.3 is 19.3 Å². The van der Waals surface area contributed by atoms with E-state index >= 15 is 0 Å². The van der Waals surface area contributed by atoms with Crippen molar-refractivity contribution >= 4 is 23.3 Å². The monoisotopic (exact) mass is 837 g/mol. The number of hydrogen-bond acceptors (Lipinski definition) is 7. The quantitative estimate of drug-likeness (QED) is 0.0946. The maximum Gasteiger partial charge on any atom is 0.306 e. The van der Waals surface area contributed by atoms with Gasteiger partial charge in [-0.05, 0) is 142 Å². The van der Waals surface area contributed by atoms with E-state index in [9.17, 15) is 19.2 Å². The van der Waals surface area contributed by atoms with Crippen molar-refractivity contribution in [3.63, 3.8) is 0 Å². The van der Waals surface area contributed by atoms with Crippen LogP contribution in [-0.2, 0) is 23.9 Å². The zero-order valence-corrected chi connectivity index (χ0v) is 40.8. The van der Waals surface area contributed by atoms with Crippen molar-refractivity contribution in [3.05, 3.63) is 130 Å². The van der Waals surface area contributed by atoms with Crippen molar-refractivity contribution in [3.8, 4) is 0 Å². The minimum Gasteiger partial charge on any atom is -0.454 e. The van der Waals surface area contributed by atoms with Crippen LogP contribution in [0, 0.1) is 16.7 Å². The van der Waals surface area contributed by atoms with Gasteiger partial charge in [0.05, 0.1) is 0 Å². The van der Waals surface area contributed by atoms with Crippen molar-refractivity contribution in [2.45, 2.75) is 128 Å². The Morgan fingerprint density at radius 1 is 0.607 bits per heavy atom. The summed E-state index contributed by atoms with van der Waals surface area (Å²) in [4.78, 5) is 52.5. The highest BCUT2D eigenvalue weighted by Crippen LogP contribution is 2.42. The Hall–Kier alpha value is -4.46. The summed E-state index contributed by atoms with van der Waals surface area (Å²) >= 11 is 0. The van der Waals surface area contributed by atoms with Crippen molar-refractivity contribution in [2.24, 2.45) is 16.7 Å². The molecule has 0 aromatic carbocycles. The van der Waals surface area contributed by atoms with Gasteiger partial charge in [-0.3, -0.25) is 14.4 Å². The van der Waals surface area contributed by atoms with Gasteiger partial charge in [-0.15, -0.1) is 0 Å². The first-order chi connectivity index (χ1) is 28.4. The van der Waals surface area contributed by atoms with Gasteiger partial charge in [-0.2, -0.15) is 0 Å². The molecule has 0 aromatic heterocycles. The standard InChI is InChI=1S/C47H65NO4.C7H15NO/c1-33(21-16-23-35(3)26-28-40-38(6)44(50)37(5)31-46(40,8)9)19-14-15-20-34(2)22-17-24-36(4)27-29-41-39(7)45(51)42(32-47(41,10)11)52-43(49)25-18-30-48(12)13;1-7(9)5-4-6-8(2)3/h14-17,19-24,26-29,37,42H,18,25,30-32H2,1-13H3;4-6H2,1-3H3/b15-14+,21-16+,22-17+,28-26+,29-27+,33-19+,34-20+,35-23+,36-24+;. The summed E-state index contributed by atoms with van der Waals surface area (Å²) in [7, 11) is 7.97. The van der Waals surface area contributed by atoms with Crippen LogP contribution in [0.5, 0.6) is 0 Å². The molecule has 2 unspecified atom stereocenters. The minimum atomic E-state index is -0.723.